The van der Waals surface area contributed by atoms with Crippen molar-refractivity contribution in [2.24, 2.45) is 0 Å². The van der Waals surface area contributed by atoms with E-state index < -0.39 is 0 Å². The highest BCUT2D eigenvalue weighted by atomic mass is 16.1. The molecule has 0 radical (unpaired) electrons. The molecular formula is C14H12N2O. The summed E-state index contributed by atoms with van der Waals surface area (Å²) < 4.78 is 0. The first kappa shape index (κ1) is 10.0. The number of nitrogens with one attached hydrogen (secondary N) is 1. The van der Waals surface area contributed by atoms with E-state index in [1.807, 2.05) is 24.3 Å². The summed E-state index contributed by atoms with van der Waals surface area (Å²) in [6, 6.07) is 7.39. The van der Waals surface area contributed by atoms with E-state index in [1.165, 1.54) is 0 Å². The molecule has 3 rings (SSSR count). The molecule has 1 heterocycles. The number of allylic oxidation sites excluding steroid dienone is 4. The first-order valence-electron chi connectivity index (χ1n) is 5.71. The number of nitrogens with zero attached hydrogens (tertiary/aromatic N) is 1. The molecule has 1 aromatic carbocycles. The molecule has 0 saturated heterocycles. The Labute approximate surface area is 98.5 Å². The van der Waals surface area contributed by atoms with Crippen molar-refractivity contribution < 1.29 is 0 Å². The molecule has 1 aromatic heterocycles. The number of H-pyrrole nitrogens is 1. The first-order valence-corrected chi connectivity index (χ1v) is 5.71. The van der Waals surface area contributed by atoms with Crippen LogP contribution in [0.4, 0.5) is 0 Å². The number of aromatic nitrogens is 2. The average molecular weight is 224 g/mol. The third-order valence-corrected chi connectivity index (χ3v) is 2.88. The number of aromatic amines is 1. The third kappa shape index (κ3) is 1.80. The van der Waals surface area contributed by atoms with Gasteiger partial charge in [0.2, 0.25) is 0 Å². The van der Waals surface area contributed by atoms with Crippen LogP contribution in [-0.2, 0) is 0 Å². The first-order chi connectivity index (χ1) is 8.34. The van der Waals surface area contributed by atoms with E-state index in [-0.39, 0.29) is 5.56 Å². The third-order valence-electron chi connectivity index (χ3n) is 2.88. The van der Waals surface area contributed by atoms with Gasteiger partial charge in [0.25, 0.3) is 5.56 Å². The fourth-order valence-corrected chi connectivity index (χ4v) is 2.01. The number of para-hydroxylation sites is 1. The lowest BCUT2D eigenvalue weighted by Crippen LogP contribution is -2.11. The van der Waals surface area contributed by atoms with Crippen LogP contribution in [0.15, 0.2) is 47.3 Å². The summed E-state index contributed by atoms with van der Waals surface area (Å²) in [7, 11) is 0. The molecule has 17 heavy (non-hydrogen) atoms. The van der Waals surface area contributed by atoms with Crippen LogP contribution >= 0.6 is 0 Å². The van der Waals surface area contributed by atoms with E-state index in [1.54, 1.807) is 6.07 Å². The van der Waals surface area contributed by atoms with Gasteiger partial charge >= 0.3 is 0 Å². The smallest absolute Gasteiger partial charge is 0.259 e. The Bertz CT molecular complexity index is 680. The number of benzene rings is 1. The summed E-state index contributed by atoms with van der Waals surface area (Å²) in [4.78, 5) is 19.2. The van der Waals surface area contributed by atoms with Crippen LogP contribution in [0.1, 0.15) is 18.7 Å². The summed E-state index contributed by atoms with van der Waals surface area (Å²) in [5.74, 6) is 0.657. The Kier molecular flexibility index (Phi) is 2.37. The molecule has 1 aliphatic rings. The molecule has 3 nitrogen and oxygen atoms in total. The molecule has 3 heteroatoms. The minimum Gasteiger partial charge on any atom is -0.306 e. The Hall–Kier alpha value is -2.16. The lowest BCUT2D eigenvalue weighted by atomic mass is 10.1. The molecule has 1 aliphatic carbocycles. The van der Waals surface area contributed by atoms with Crippen molar-refractivity contribution >= 4 is 16.5 Å². The van der Waals surface area contributed by atoms with Gasteiger partial charge in [0, 0.05) is 5.57 Å². The van der Waals surface area contributed by atoms with Crippen molar-refractivity contribution in [3.8, 4) is 0 Å². The second kappa shape index (κ2) is 4.01. The van der Waals surface area contributed by atoms with Crippen molar-refractivity contribution in [3.05, 3.63) is 58.7 Å². The molecule has 1 N–H and O–H groups in total. The maximum Gasteiger partial charge on any atom is 0.259 e. The van der Waals surface area contributed by atoms with E-state index in [0.717, 1.165) is 23.9 Å². The minimum atomic E-state index is -0.0783. The lowest BCUT2D eigenvalue weighted by molar-refractivity contribution is 1.03. The predicted molar refractivity (Wildman–Crippen MR) is 68.7 cm³/mol. The van der Waals surface area contributed by atoms with Crippen LogP contribution < -0.4 is 5.56 Å². The highest BCUT2D eigenvalue weighted by molar-refractivity contribution is 5.80. The SMILES string of the molecule is O=c1[nH]c(C2=CCCC=C2)nc2ccccc12. The zero-order valence-corrected chi connectivity index (χ0v) is 9.31. The van der Waals surface area contributed by atoms with Crippen LogP contribution in [-0.4, -0.2) is 9.97 Å². The second-order valence-electron chi connectivity index (χ2n) is 4.07. The zero-order valence-electron chi connectivity index (χ0n) is 9.31. The predicted octanol–water partition coefficient (Wildman–Crippen LogP) is 2.66. The molecule has 0 amide bonds. The number of hydrogen-bond acceptors (Lipinski definition) is 2. The number of fused-ring (bicyclic) bond motifs is 1. The van der Waals surface area contributed by atoms with Gasteiger partial charge in [-0.25, -0.2) is 4.98 Å². The van der Waals surface area contributed by atoms with Crippen LogP contribution in [0.3, 0.4) is 0 Å². The topological polar surface area (TPSA) is 45.8 Å². The van der Waals surface area contributed by atoms with Gasteiger partial charge in [-0.15, -0.1) is 0 Å². The van der Waals surface area contributed by atoms with Crippen molar-refractivity contribution in [3.63, 3.8) is 0 Å². The summed E-state index contributed by atoms with van der Waals surface area (Å²) in [6.45, 7) is 0. The second-order valence-corrected chi connectivity index (χ2v) is 4.07. The standard InChI is InChI=1S/C14H12N2O/c17-14-11-8-4-5-9-12(11)15-13(16-14)10-6-2-1-3-7-10/h2,4-9H,1,3H2,(H,15,16,17). The molecule has 0 aliphatic heterocycles. The van der Waals surface area contributed by atoms with Crippen molar-refractivity contribution in [1.29, 1.82) is 0 Å². The van der Waals surface area contributed by atoms with Gasteiger partial charge in [-0.2, -0.15) is 0 Å². The zero-order chi connectivity index (χ0) is 11.7. The molecule has 0 saturated carbocycles. The van der Waals surface area contributed by atoms with Crippen LogP contribution in [0.25, 0.3) is 16.5 Å². The van der Waals surface area contributed by atoms with Crippen molar-refractivity contribution in [2.75, 3.05) is 0 Å². The minimum absolute atomic E-state index is 0.0783. The van der Waals surface area contributed by atoms with E-state index >= 15 is 0 Å². The van der Waals surface area contributed by atoms with Gasteiger partial charge in [0.15, 0.2) is 0 Å². The Morgan fingerprint density at radius 2 is 2.06 bits per heavy atom. The average Bonchev–Trinajstić information content (AvgIpc) is 2.40. The molecule has 0 spiro atoms. The van der Waals surface area contributed by atoms with E-state index in [4.69, 9.17) is 0 Å². The van der Waals surface area contributed by atoms with Crippen LogP contribution in [0.5, 0.6) is 0 Å². The summed E-state index contributed by atoms with van der Waals surface area (Å²) in [5, 5.41) is 0.636. The van der Waals surface area contributed by atoms with Gasteiger partial charge in [0.1, 0.15) is 5.82 Å². The molecule has 0 fully saturated rings. The fraction of sp³-hybridized carbons (Fsp3) is 0.143. The normalized spacial score (nSPS) is 14.9. The largest absolute Gasteiger partial charge is 0.306 e. The molecule has 0 atom stereocenters. The van der Waals surface area contributed by atoms with E-state index in [0.29, 0.717) is 11.2 Å². The van der Waals surface area contributed by atoms with Gasteiger partial charge < -0.3 is 4.98 Å². The molecule has 0 unspecified atom stereocenters. The van der Waals surface area contributed by atoms with E-state index in [2.05, 4.69) is 22.1 Å². The maximum absolute atomic E-state index is 11.9. The Balaban J connectivity index is 2.22. The van der Waals surface area contributed by atoms with E-state index in [9.17, 15) is 4.79 Å². The van der Waals surface area contributed by atoms with Gasteiger partial charge in [-0.1, -0.05) is 30.4 Å². The van der Waals surface area contributed by atoms with Crippen LogP contribution in [0.2, 0.25) is 0 Å². The number of rotatable bonds is 1. The highest BCUT2D eigenvalue weighted by Gasteiger charge is 2.06. The molecule has 2 aromatic rings. The Morgan fingerprint density at radius 3 is 2.88 bits per heavy atom. The fourth-order valence-electron chi connectivity index (χ4n) is 2.01. The number of hydrogen-bond donors (Lipinski definition) is 1. The van der Waals surface area contributed by atoms with Crippen molar-refractivity contribution in [2.45, 2.75) is 12.8 Å². The summed E-state index contributed by atoms with van der Waals surface area (Å²) >= 11 is 0. The Morgan fingerprint density at radius 1 is 1.18 bits per heavy atom. The molecular weight excluding hydrogens is 212 g/mol. The van der Waals surface area contributed by atoms with Gasteiger partial charge in [0.05, 0.1) is 10.9 Å². The lowest BCUT2D eigenvalue weighted by Gasteiger charge is -2.06. The maximum atomic E-state index is 11.9. The van der Waals surface area contributed by atoms with Gasteiger partial charge in [-0.3, -0.25) is 4.79 Å². The highest BCUT2D eigenvalue weighted by Crippen LogP contribution is 2.18. The van der Waals surface area contributed by atoms with Crippen LogP contribution in [0, 0.1) is 0 Å². The summed E-state index contributed by atoms with van der Waals surface area (Å²) in [6.07, 6.45) is 8.28. The monoisotopic (exact) mass is 224 g/mol. The van der Waals surface area contributed by atoms with Crippen molar-refractivity contribution in [1.82, 2.24) is 9.97 Å². The molecule has 84 valence electrons. The summed E-state index contributed by atoms with van der Waals surface area (Å²) in [5.41, 5.74) is 1.66. The molecule has 0 bridgehead atoms. The quantitative estimate of drug-likeness (QED) is 0.809. The van der Waals surface area contributed by atoms with Gasteiger partial charge in [-0.05, 0) is 25.0 Å².